The van der Waals surface area contributed by atoms with E-state index >= 15 is 0 Å². The lowest BCUT2D eigenvalue weighted by atomic mass is 10.0. The number of fused-ring (bicyclic) bond motifs is 1. The third-order valence-corrected chi connectivity index (χ3v) is 2.48. The van der Waals surface area contributed by atoms with Gasteiger partial charge in [0.15, 0.2) is 0 Å². The molecule has 0 radical (unpaired) electrons. The van der Waals surface area contributed by atoms with Gasteiger partial charge in [0.1, 0.15) is 0 Å². The maximum atomic E-state index is 11.3. The zero-order chi connectivity index (χ0) is 13.1. The molecular weight excluding hydrogens is 236 g/mol. The number of esters is 1. The van der Waals surface area contributed by atoms with Crippen molar-refractivity contribution in [3.05, 3.63) is 47.5 Å². The van der Waals surface area contributed by atoms with Crippen LogP contribution in [0.1, 0.15) is 20.7 Å². The second kappa shape index (κ2) is 4.67. The Morgan fingerprint density at radius 3 is 2.11 bits per heavy atom. The average Bonchev–Trinajstić information content (AvgIpc) is 2.37. The number of hydrogen-bond acceptors (Lipinski definition) is 4. The molecule has 0 bridgehead atoms. The molecule has 0 saturated carbocycles. The monoisotopic (exact) mass is 244 g/mol. The second-order valence-electron chi connectivity index (χ2n) is 3.58. The van der Waals surface area contributed by atoms with Gasteiger partial charge in [0.25, 0.3) is 0 Å². The summed E-state index contributed by atoms with van der Waals surface area (Å²) in [5.41, 5.74) is 0.406. The van der Waals surface area contributed by atoms with E-state index in [9.17, 15) is 14.4 Å². The molecule has 18 heavy (non-hydrogen) atoms. The smallest absolute Gasteiger partial charge is 0.345 e. The fourth-order valence-corrected chi connectivity index (χ4v) is 1.62. The second-order valence-corrected chi connectivity index (χ2v) is 3.58. The largest absolute Gasteiger partial charge is 0.478 e. The molecule has 0 aromatic heterocycles. The zero-order valence-electron chi connectivity index (χ0n) is 9.12. The molecule has 2 aromatic rings. The van der Waals surface area contributed by atoms with Crippen LogP contribution in [-0.4, -0.2) is 23.5 Å². The normalized spacial score (nSPS) is 10.0. The Balaban J connectivity index is 2.47. The summed E-state index contributed by atoms with van der Waals surface area (Å²) in [7, 11) is 0. The van der Waals surface area contributed by atoms with E-state index in [-0.39, 0.29) is 17.6 Å². The summed E-state index contributed by atoms with van der Waals surface area (Å²) in [6, 6.07) is 9.15. The van der Waals surface area contributed by atoms with Crippen molar-refractivity contribution in [3.63, 3.8) is 0 Å². The summed E-state index contributed by atoms with van der Waals surface area (Å²) in [5.74, 6) is -1.75. The fraction of sp³-hybridized carbons (Fsp3) is 0. The first-order valence-electron chi connectivity index (χ1n) is 5.03. The number of benzene rings is 2. The number of carboxylic acid groups (broad SMARTS) is 1. The molecule has 2 aromatic carbocycles. The molecule has 0 aliphatic rings. The quantitative estimate of drug-likeness (QED) is 0.506. The van der Waals surface area contributed by atoms with Gasteiger partial charge in [-0.05, 0) is 35.0 Å². The van der Waals surface area contributed by atoms with Gasteiger partial charge in [0.05, 0.1) is 11.1 Å². The Labute approximate surface area is 102 Å². The molecule has 0 atom stereocenters. The molecule has 5 nitrogen and oxygen atoms in total. The zero-order valence-corrected chi connectivity index (χ0v) is 9.12. The SMILES string of the molecule is O=COC(=O)c1ccc2cc(C(=O)O)ccc2c1. The number of hydrogen-bond donors (Lipinski definition) is 1. The Kier molecular flexibility index (Phi) is 3.05. The molecule has 90 valence electrons. The number of aromatic carboxylic acids is 1. The van der Waals surface area contributed by atoms with Crippen molar-refractivity contribution in [2.24, 2.45) is 0 Å². The lowest BCUT2D eigenvalue weighted by Crippen LogP contribution is -2.03. The minimum atomic E-state index is -1.01. The van der Waals surface area contributed by atoms with Crippen LogP contribution in [-0.2, 0) is 9.53 Å². The van der Waals surface area contributed by atoms with E-state index in [2.05, 4.69) is 4.74 Å². The van der Waals surface area contributed by atoms with Gasteiger partial charge >= 0.3 is 18.4 Å². The molecule has 0 spiro atoms. The van der Waals surface area contributed by atoms with E-state index in [0.29, 0.717) is 10.8 Å². The standard InChI is InChI=1S/C13H8O5/c14-7-18-13(17)11-4-2-8-5-10(12(15)16)3-1-9(8)6-11/h1-7H,(H,15,16). The van der Waals surface area contributed by atoms with Gasteiger partial charge < -0.3 is 9.84 Å². The molecule has 5 heteroatoms. The molecule has 1 N–H and O–H groups in total. The number of carbonyl (C=O) groups is 3. The third kappa shape index (κ3) is 2.20. The minimum absolute atomic E-state index is 0.0695. The lowest BCUT2D eigenvalue weighted by Gasteiger charge is -2.02. The topological polar surface area (TPSA) is 80.7 Å². The van der Waals surface area contributed by atoms with Crippen LogP contribution in [0.4, 0.5) is 0 Å². The van der Waals surface area contributed by atoms with E-state index in [4.69, 9.17) is 5.11 Å². The van der Waals surface area contributed by atoms with Crippen molar-refractivity contribution in [1.82, 2.24) is 0 Å². The maximum absolute atomic E-state index is 11.3. The molecule has 0 amide bonds. The number of rotatable bonds is 3. The van der Waals surface area contributed by atoms with Crippen molar-refractivity contribution in [3.8, 4) is 0 Å². The predicted octanol–water partition coefficient (Wildman–Crippen LogP) is 1.85. The average molecular weight is 244 g/mol. The third-order valence-electron chi connectivity index (χ3n) is 2.48. The Morgan fingerprint density at radius 1 is 1.00 bits per heavy atom. The first-order valence-corrected chi connectivity index (χ1v) is 5.03. The Hall–Kier alpha value is -2.69. The van der Waals surface area contributed by atoms with Gasteiger partial charge in [0.2, 0.25) is 0 Å². The summed E-state index contributed by atoms with van der Waals surface area (Å²) in [4.78, 5) is 32.2. The predicted molar refractivity (Wildman–Crippen MR) is 62.4 cm³/mol. The van der Waals surface area contributed by atoms with Crippen LogP contribution in [0.2, 0.25) is 0 Å². The van der Waals surface area contributed by atoms with Gasteiger partial charge in [-0.25, -0.2) is 9.59 Å². The fourth-order valence-electron chi connectivity index (χ4n) is 1.62. The lowest BCUT2D eigenvalue weighted by molar-refractivity contribution is -0.123. The van der Waals surface area contributed by atoms with Gasteiger partial charge in [0, 0.05) is 0 Å². The summed E-state index contributed by atoms with van der Waals surface area (Å²) < 4.78 is 4.23. The van der Waals surface area contributed by atoms with Crippen molar-refractivity contribution in [2.45, 2.75) is 0 Å². The highest BCUT2D eigenvalue weighted by Gasteiger charge is 2.09. The summed E-state index contributed by atoms with van der Waals surface area (Å²) >= 11 is 0. The molecule has 0 heterocycles. The van der Waals surface area contributed by atoms with E-state index in [1.54, 1.807) is 12.1 Å². The van der Waals surface area contributed by atoms with Crippen LogP contribution < -0.4 is 0 Å². The van der Waals surface area contributed by atoms with Gasteiger partial charge in [-0.15, -0.1) is 0 Å². The van der Waals surface area contributed by atoms with Crippen LogP contribution in [0.5, 0.6) is 0 Å². The van der Waals surface area contributed by atoms with E-state index in [0.717, 1.165) is 0 Å². The van der Waals surface area contributed by atoms with Crippen LogP contribution in [0.25, 0.3) is 10.8 Å². The maximum Gasteiger partial charge on any atom is 0.345 e. The molecule has 0 fully saturated rings. The summed E-state index contributed by atoms with van der Waals surface area (Å²) in [6.45, 7) is 0.0695. The van der Waals surface area contributed by atoms with Crippen LogP contribution in [0.15, 0.2) is 36.4 Å². The van der Waals surface area contributed by atoms with Crippen molar-refractivity contribution < 1.29 is 24.2 Å². The highest BCUT2D eigenvalue weighted by atomic mass is 16.6. The van der Waals surface area contributed by atoms with Crippen molar-refractivity contribution >= 4 is 29.2 Å². The van der Waals surface area contributed by atoms with E-state index < -0.39 is 11.9 Å². The number of carboxylic acids is 1. The van der Waals surface area contributed by atoms with E-state index in [1.807, 2.05) is 0 Å². The summed E-state index contributed by atoms with van der Waals surface area (Å²) in [6.07, 6.45) is 0. The first kappa shape index (κ1) is 11.8. The molecule has 0 aliphatic carbocycles. The van der Waals surface area contributed by atoms with Crippen molar-refractivity contribution in [1.29, 1.82) is 0 Å². The van der Waals surface area contributed by atoms with Gasteiger partial charge in [-0.3, -0.25) is 4.79 Å². The van der Waals surface area contributed by atoms with Gasteiger partial charge in [-0.1, -0.05) is 12.1 Å². The Morgan fingerprint density at radius 2 is 1.56 bits per heavy atom. The number of carbonyl (C=O) groups excluding carboxylic acids is 2. The van der Waals surface area contributed by atoms with E-state index in [1.165, 1.54) is 24.3 Å². The van der Waals surface area contributed by atoms with Crippen LogP contribution >= 0.6 is 0 Å². The first-order chi connectivity index (χ1) is 8.61. The highest BCUT2D eigenvalue weighted by molar-refractivity contribution is 5.99. The molecule has 0 saturated heterocycles. The Bertz CT molecular complexity index is 645. The molecule has 0 aliphatic heterocycles. The van der Waals surface area contributed by atoms with Crippen LogP contribution in [0, 0.1) is 0 Å². The van der Waals surface area contributed by atoms with Crippen LogP contribution in [0.3, 0.4) is 0 Å². The number of ether oxygens (including phenoxy) is 1. The molecular formula is C13H8O5. The molecule has 0 unspecified atom stereocenters. The van der Waals surface area contributed by atoms with Gasteiger partial charge in [-0.2, -0.15) is 0 Å². The minimum Gasteiger partial charge on any atom is -0.478 e. The highest BCUT2D eigenvalue weighted by Crippen LogP contribution is 2.18. The molecule has 2 rings (SSSR count). The summed E-state index contributed by atoms with van der Waals surface area (Å²) in [5, 5.41) is 10.2. The van der Waals surface area contributed by atoms with Crippen molar-refractivity contribution in [2.75, 3.05) is 0 Å².